The minimum absolute atomic E-state index is 0.297. The Morgan fingerprint density at radius 3 is 2.79 bits per heavy atom. The van der Waals surface area contributed by atoms with Gasteiger partial charge >= 0.3 is 0 Å². The Kier molecular flexibility index (Phi) is 5.16. The highest BCUT2D eigenvalue weighted by Gasteiger charge is 2.15. The van der Waals surface area contributed by atoms with Crippen LogP contribution >= 0.6 is 15.9 Å². The molecule has 0 spiro atoms. The minimum atomic E-state index is 0.297. The van der Waals surface area contributed by atoms with Gasteiger partial charge in [-0.1, -0.05) is 41.1 Å². The smallest absolute Gasteiger partial charge is 0.0946 e. The van der Waals surface area contributed by atoms with E-state index in [1.54, 1.807) is 0 Å². The molecule has 102 valence electrons. The van der Waals surface area contributed by atoms with Crippen LogP contribution in [0, 0.1) is 0 Å². The van der Waals surface area contributed by atoms with E-state index in [9.17, 15) is 0 Å². The van der Waals surface area contributed by atoms with E-state index in [1.165, 1.54) is 15.7 Å². The highest BCUT2D eigenvalue weighted by atomic mass is 79.9. The zero-order chi connectivity index (χ0) is 13.7. The van der Waals surface area contributed by atoms with Crippen LogP contribution in [0.4, 0.5) is 0 Å². The summed E-state index contributed by atoms with van der Waals surface area (Å²) in [6, 6.07) is 8.69. The van der Waals surface area contributed by atoms with Crippen LogP contribution in [0.5, 0.6) is 0 Å². The Morgan fingerprint density at radius 2 is 2.16 bits per heavy atom. The van der Waals surface area contributed by atoms with E-state index in [4.69, 9.17) is 0 Å². The number of nitrogens with zero attached hydrogens (tertiary/aromatic N) is 2. The van der Waals surface area contributed by atoms with Gasteiger partial charge < -0.3 is 9.88 Å². The fraction of sp³-hybridized carbons (Fsp3) is 0.400. The summed E-state index contributed by atoms with van der Waals surface area (Å²) >= 11 is 3.62. The quantitative estimate of drug-likeness (QED) is 0.883. The molecule has 0 fully saturated rings. The summed E-state index contributed by atoms with van der Waals surface area (Å²) in [5, 5.41) is 3.61. The summed E-state index contributed by atoms with van der Waals surface area (Å²) in [4.78, 5) is 4.23. The van der Waals surface area contributed by atoms with Crippen LogP contribution in [0.1, 0.15) is 30.6 Å². The predicted molar refractivity (Wildman–Crippen MR) is 82.1 cm³/mol. The van der Waals surface area contributed by atoms with Gasteiger partial charge in [-0.25, -0.2) is 4.98 Å². The van der Waals surface area contributed by atoms with Gasteiger partial charge in [0.15, 0.2) is 0 Å². The lowest BCUT2D eigenvalue weighted by atomic mass is 10.0. The van der Waals surface area contributed by atoms with Crippen LogP contribution in [-0.2, 0) is 13.5 Å². The van der Waals surface area contributed by atoms with Gasteiger partial charge in [-0.15, -0.1) is 0 Å². The molecule has 0 saturated heterocycles. The number of rotatable bonds is 6. The lowest BCUT2D eigenvalue weighted by Gasteiger charge is -2.19. The molecule has 1 heterocycles. The number of hydrogen-bond acceptors (Lipinski definition) is 2. The monoisotopic (exact) mass is 321 g/mol. The largest absolute Gasteiger partial charge is 0.336 e. The maximum Gasteiger partial charge on any atom is 0.0946 e. The van der Waals surface area contributed by atoms with Gasteiger partial charge in [-0.2, -0.15) is 0 Å². The summed E-state index contributed by atoms with van der Waals surface area (Å²) < 4.78 is 3.25. The van der Waals surface area contributed by atoms with Crippen LogP contribution in [0.3, 0.4) is 0 Å². The van der Waals surface area contributed by atoms with Crippen molar-refractivity contribution < 1.29 is 0 Å². The van der Waals surface area contributed by atoms with Crippen LogP contribution in [0.25, 0.3) is 0 Å². The molecule has 19 heavy (non-hydrogen) atoms. The molecule has 1 atom stereocenters. The zero-order valence-corrected chi connectivity index (χ0v) is 13.0. The Bertz CT molecular complexity index is 522. The molecule has 2 rings (SSSR count). The SMILES string of the molecule is CCCNC(Cc1ccccc1Br)c1cncn1C. The first-order chi connectivity index (χ1) is 9.22. The fourth-order valence-electron chi connectivity index (χ4n) is 2.19. The van der Waals surface area contributed by atoms with Crippen LogP contribution in [-0.4, -0.2) is 16.1 Å². The molecular formula is C15H20BrN3. The molecule has 0 aliphatic carbocycles. The molecule has 2 aromatic rings. The Balaban J connectivity index is 2.19. The Labute approximate surface area is 123 Å². The topological polar surface area (TPSA) is 29.9 Å². The number of imidazole rings is 1. The van der Waals surface area contributed by atoms with E-state index in [1.807, 2.05) is 25.6 Å². The number of halogens is 1. The van der Waals surface area contributed by atoms with Crippen molar-refractivity contribution in [2.75, 3.05) is 6.54 Å². The average molecular weight is 322 g/mol. The van der Waals surface area contributed by atoms with E-state index in [0.717, 1.165) is 19.4 Å². The highest BCUT2D eigenvalue weighted by molar-refractivity contribution is 9.10. The third-order valence-electron chi connectivity index (χ3n) is 3.23. The molecule has 0 radical (unpaired) electrons. The first-order valence-corrected chi connectivity index (χ1v) is 7.44. The van der Waals surface area contributed by atoms with Crippen molar-refractivity contribution in [3.8, 4) is 0 Å². The molecule has 0 saturated carbocycles. The van der Waals surface area contributed by atoms with Crippen molar-refractivity contribution in [3.05, 3.63) is 52.5 Å². The second kappa shape index (κ2) is 6.87. The van der Waals surface area contributed by atoms with Crippen LogP contribution < -0.4 is 5.32 Å². The van der Waals surface area contributed by atoms with Gasteiger partial charge in [-0.3, -0.25) is 0 Å². The van der Waals surface area contributed by atoms with Crippen LogP contribution in [0.2, 0.25) is 0 Å². The number of hydrogen-bond donors (Lipinski definition) is 1. The normalized spacial score (nSPS) is 12.6. The highest BCUT2D eigenvalue weighted by Crippen LogP contribution is 2.23. The number of aryl methyl sites for hydroxylation is 1. The van der Waals surface area contributed by atoms with Crippen molar-refractivity contribution in [1.82, 2.24) is 14.9 Å². The molecule has 0 amide bonds. The van der Waals surface area contributed by atoms with Gasteiger partial charge in [0.2, 0.25) is 0 Å². The van der Waals surface area contributed by atoms with Gasteiger partial charge in [0.1, 0.15) is 0 Å². The van der Waals surface area contributed by atoms with Crippen molar-refractivity contribution in [1.29, 1.82) is 0 Å². The van der Waals surface area contributed by atoms with Crippen molar-refractivity contribution in [2.24, 2.45) is 7.05 Å². The van der Waals surface area contributed by atoms with E-state index in [2.05, 4.69) is 55.9 Å². The van der Waals surface area contributed by atoms with Crippen LogP contribution in [0.15, 0.2) is 41.3 Å². The Morgan fingerprint density at radius 1 is 1.37 bits per heavy atom. The molecule has 4 heteroatoms. The van der Waals surface area contributed by atoms with E-state index < -0.39 is 0 Å². The second-order valence-electron chi connectivity index (χ2n) is 4.73. The second-order valence-corrected chi connectivity index (χ2v) is 5.59. The van der Waals surface area contributed by atoms with E-state index >= 15 is 0 Å². The minimum Gasteiger partial charge on any atom is -0.336 e. The number of aromatic nitrogens is 2. The molecule has 0 aliphatic heterocycles. The lowest BCUT2D eigenvalue weighted by molar-refractivity contribution is 0.503. The van der Waals surface area contributed by atoms with Gasteiger partial charge in [-0.05, 0) is 31.0 Å². The molecule has 1 aromatic heterocycles. The average Bonchev–Trinajstić information content (AvgIpc) is 2.83. The first-order valence-electron chi connectivity index (χ1n) is 6.65. The summed E-state index contributed by atoms with van der Waals surface area (Å²) in [5.74, 6) is 0. The predicted octanol–water partition coefficient (Wildman–Crippen LogP) is 3.47. The molecule has 0 bridgehead atoms. The van der Waals surface area contributed by atoms with Crippen molar-refractivity contribution >= 4 is 15.9 Å². The lowest BCUT2D eigenvalue weighted by Crippen LogP contribution is -2.26. The summed E-state index contributed by atoms with van der Waals surface area (Å²) in [6.07, 6.45) is 5.89. The zero-order valence-electron chi connectivity index (χ0n) is 11.4. The van der Waals surface area contributed by atoms with E-state index in [0.29, 0.717) is 6.04 Å². The Hall–Kier alpha value is -1.13. The molecule has 0 aliphatic rings. The molecule has 1 unspecified atom stereocenters. The third-order valence-corrected chi connectivity index (χ3v) is 4.01. The third kappa shape index (κ3) is 3.67. The molecule has 1 aromatic carbocycles. The molecule has 1 N–H and O–H groups in total. The number of nitrogens with one attached hydrogen (secondary N) is 1. The molecule has 3 nitrogen and oxygen atoms in total. The first kappa shape index (κ1) is 14.3. The van der Waals surface area contributed by atoms with Gasteiger partial charge in [0, 0.05) is 17.7 Å². The maximum atomic E-state index is 4.23. The standard InChI is InChI=1S/C15H20BrN3/c1-3-8-18-14(15-10-17-11-19(15)2)9-12-6-4-5-7-13(12)16/h4-7,10-11,14,18H,3,8-9H2,1-2H3. The van der Waals surface area contributed by atoms with E-state index in [-0.39, 0.29) is 0 Å². The van der Waals surface area contributed by atoms with Gasteiger partial charge in [0.25, 0.3) is 0 Å². The van der Waals surface area contributed by atoms with Crippen molar-refractivity contribution in [2.45, 2.75) is 25.8 Å². The fourth-order valence-corrected chi connectivity index (χ4v) is 2.63. The van der Waals surface area contributed by atoms with Gasteiger partial charge in [0.05, 0.1) is 18.1 Å². The summed E-state index contributed by atoms with van der Waals surface area (Å²) in [5.41, 5.74) is 2.54. The molecular weight excluding hydrogens is 302 g/mol. The maximum absolute atomic E-state index is 4.23. The summed E-state index contributed by atoms with van der Waals surface area (Å²) in [7, 11) is 2.04. The number of benzene rings is 1. The van der Waals surface area contributed by atoms with Crippen molar-refractivity contribution in [3.63, 3.8) is 0 Å². The summed E-state index contributed by atoms with van der Waals surface area (Å²) in [6.45, 7) is 3.20.